The van der Waals surface area contributed by atoms with Gasteiger partial charge in [0.2, 0.25) is 0 Å². The molecular weight excluding hydrogens is 261 g/mol. The average Bonchev–Trinajstić information content (AvgIpc) is 2.14. The minimum absolute atomic E-state index is 0.229. The molecule has 1 aromatic carbocycles. The normalized spacial score (nSPS) is 13.5. The molecule has 1 atom stereocenters. The van der Waals surface area contributed by atoms with E-state index in [-0.39, 0.29) is 5.56 Å². The van der Waals surface area contributed by atoms with Crippen LogP contribution in [0, 0.1) is 0 Å². The number of alkyl halides is 3. The molecule has 3 nitrogen and oxygen atoms in total. The van der Waals surface area contributed by atoms with Crippen LogP contribution in [0.15, 0.2) is 12.1 Å². The molecule has 0 amide bonds. The average molecular weight is 269 g/mol. The molecule has 2 N–H and O–H groups in total. The Bertz CT molecular complexity index is 434. The number of rotatable bonds is 2. The van der Waals surface area contributed by atoms with Crippen LogP contribution in [0.5, 0.6) is 5.75 Å². The third-order valence-corrected chi connectivity index (χ3v) is 2.55. The molecule has 17 heavy (non-hydrogen) atoms. The number of carbonyl (C=O) groups is 1. The lowest BCUT2D eigenvalue weighted by atomic mass is 9.98. The van der Waals surface area contributed by atoms with Gasteiger partial charge in [-0.1, -0.05) is 11.6 Å². The highest BCUT2D eigenvalue weighted by Crippen LogP contribution is 2.39. The van der Waals surface area contributed by atoms with Crippen LogP contribution in [-0.2, 0) is 11.0 Å². The molecule has 0 aliphatic heterocycles. The first kappa shape index (κ1) is 13.6. The van der Waals surface area contributed by atoms with Gasteiger partial charge in [0.1, 0.15) is 5.75 Å². The topological polar surface area (TPSA) is 57.5 Å². The molecule has 1 aromatic rings. The summed E-state index contributed by atoms with van der Waals surface area (Å²) in [6, 6.07) is 1.05. The largest absolute Gasteiger partial charge is 0.508 e. The smallest absolute Gasteiger partial charge is 0.416 e. The lowest BCUT2D eigenvalue weighted by molar-refractivity contribution is -0.138. The summed E-state index contributed by atoms with van der Waals surface area (Å²) in [7, 11) is 0. The summed E-state index contributed by atoms with van der Waals surface area (Å²) in [5, 5.41) is 17.7. The fourth-order valence-electron chi connectivity index (χ4n) is 1.32. The van der Waals surface area contributed by atoms with Gasteiger partial charge in [0.05, 0.1) is 11.5 Å². The second-order valence-corrected chi connectivity index (χ2v) is 3.86. The van der Waals surface area contributed by atoms with E-state index in [1.54, 1.807) is 0 Å². The van der Waals surface area contributed by atoms with E-state index in [4.69, 9.17) is 16.7 Å². The standard InChI is InChI=1S/C10H8ClF3O3/c1-4(9(16)17)8-6(11)2-5(3-7(8)15)10(12,13)14/h2-4,15H,1H3,(H,16,17). The number of hydrogen-bond acceptors (Lipinski definition) is 2. The molecule has 1 unspecified atom stereocenters. The number of benzene rings is 1. The van der Waals surface area contributed by atoms with Gasteiger partial charge in [-0.3, -0.25) is 4.79 Å². The summed E-state index contributed by atoms with van der Waals surface area (Å²) < 4.78 is 37.1. The molecule has 0 bridgehead atoms. The van der Waals surface area contributed by atoms with Crippen molar-refractivity contribution < 1.29 is 28.2 Å². The second-order valence-electron chi connectivity index (χ2n) is 3.45. The van der Waals surface area contributed by atoms with Crippen molar-refractivity contribution >= 4 is 17.6 Å². The van der Waals surface area contributed by atoms with Gasteiger partial charge < -0.3 is 10.2 Å². The first-order valence-corrected chi connectivity index (χ1v) is 4.84. The number of carboxylic acid groups (broad SMARTS) is 1. The van der Waals surface area contributed by atoms with Gasteiger partial charge in [0.25, 0.3) is 0 Å². The molecule has 0 aliphatic rings. The number of phenols is 1. The maximum Gasteiger partial charge on any atom is 0.416 e. The molecule has 7 heteroatoms. The number of aliphatic carboxylic acids is 1. The summed E-state index contributed by atoms with van der Waals surface area (Å²) in [6.45, 7) is 1.22. The van der Waals surface area contributed by atoms with E-state index in [0.29, 0.717) is 12.1 Å². The molecule has 0 radical (unpaired) electrons. The highest BCUT2D eigenvalue weighted by Gasteiger charge is 2.33. The predicted molar refractivity (Wildman–Crippen MR) is 54.2 cm³/mol. The van der Waals surface area contributed by atoms with E-state index in [2.05, 4.69) is 0 Å². The Kier molecular flexibility index (Phi) is 3.56. The predicted octanol–water partition coefficient (Wildman–Crippen LogP) is 3.25. The van der Waals surface area contributed by atoms with Crippen molar-refractivity contribution in [3.8, 4) is 5.75 Å². The van der Waals surface area contributed by atoms with E-state index in [9.17, 15) is 23.1 Å². The highest BCUT2D eigenvalue weighted by molar-refractivity contribution is 6.32. The van der Waals surface area contributed by atoms with Crippen molar-refractivity contribution in [2.75, 3.05) is 0 Å². The summed E-state index contributed by atoms with van der Waals surface area (Å²) in [6.07, 6.45) is -4.65. The van der Waals surface area contributed by atoms with Crippen molar-refractivity contribution in [2.24, 2.45) is 0 Å². The lowest BCUT2D eigenvalue weighted by Crippen LogP contribution is -2.10. The number of halogens is 4. The molecule has 0 fully saturated rings. The number of phenolic OH excluding ortho intramolecular Hbond substituents is 1. The minimum Gasteiger partial charge on any atom is -0.508 e. The molecule has 0 aliphatic carbocycles. The second kappa shape index (κ2) is 4.44. The Balaban J connectivity index is 3.34. The Morgan fingerprint density at radius 1 is 1.41 bits per heavy atom. The number of aromatic hydroxyl groups is 1. The van der Waals surface area contributed by atoms with Gasteiger partial charge in [-0.25, -0.2) is 0 Å². The van der Waals surface area contributed by atoms with Crippen LogP contribution in [0.2, 0.25) is 5.02 Å². The Labute approximate surface area is 99.4 Å². The molecule has 0 spiro atoms. The van der Waals surface area contributed by atoms with Crippen LogP contribution in [0.25, 0.3) is 0 Å². The maximum atomic E-state index is 12.4. The quantitative estimate of drug-likeness (QED) is 0.865. The zero-order valence-electron chi connectivity index (χ0n) is 8.55. The van der Waals surface area contributed by atoms with Crippen molar-refractivity contribution in [1.29, 1.82) is 0 Å². The molecule has 1 rings (SSSR count). The van der Waals surface area contributed by atoms with Gasteiger partial charge in [-0.05, 0) is 19.1 Å². The van der Waals surface area contributed by atoms with Crippen molar-refractivity contribution in [3.05, 3.63) is 28.3 Å². The van der Waals surface area contributed by atoms with E-state index in [1.807, 2.05) is 0 Å². The summed E-state index contributed by atoms with van der Waals surface area (Å²) >= 11 is 5.56. The van der Waals surface area contributed by atoms with Crippen LogP contribution in [0.4, 0.5) is 13.2 Å². The third-order valence-electron chi connectivity index (χ3n) is 2.24. The molecule has 0 saturated heterocycles. The first-order valence-electron chi connectivity index (χ1n) is 4.47. The molecule has 94 valence electrons. The van der Waals surface area contributed by atoms with Crippen molar-refractivity contribution in [2.45, 2.75) is 19.0 Å². The minimum atomic E-state index is -4.65. The van der Waals surface area contributed by atoms with E-state index in [0.717, 1.165) is 0 Å². The number of hydrogen-bond donors (Lipinski definition) is 2. The Hall–Kier alpha value is -1.43. The van der Waals surface area contributed by atoms with Gasteiger partial charge in [-0.2, -0.15) is 13.2 Å². The monoisotopic (exact) mass is 268 g/mol. The third kappa shape index (κ3) is 2.82. The maximum absolute atomic E-state index is 12.4. The zero-order valence-corrected chi connectivity index (χ0v) is 9.30. The van der Waals surface area contributed by atoms with Crippen LogP contribution in [0.3, 0.4) is 0 Å². The van der Waals surface area contributed by atoms with Crippen LogP contribution < -0.4 is 0 Å². The fraction of sp³-hybridized carbons (Fsp3) is 0.300. The van der Waals surface area contributed by atoms with Crippen LogP contribution in [-0.4, -0.2) is 16.2 Å². The van der Waals surface area contributed by atoms with Gasteiger partial charge in [0.15, 0.2) is 0 Å². The highest BCUT2D eigenvalue weighted by atomic mass is 35.5. The van der Waals surface area contributed by atoms with E-state index >= 15 is 0 Å². The first-order chi connectivity index (χ1) is 7.64. The van der Waals surface area contributed by atoms with Gasteiger partial charge >= 0.3 is 12.1 Å². The number of carboxylic acids is 1. The molecule has 0 saturated carbocycles. The van der Waals surface area contributed by atoms with E-state index < -0.39 is 34.4 Å². The summed E-state index contributed by atoms with van der Waals surface area (Å²) in [4.78, 5) is 10.7. The van der Waals surface area contributed by atoms with E-state index in [1.165, 1.54) is 6.92 Å². The Morgan fingerprint density at radius 2 is 1.94 bits per heavy atom. The lowest BCUT2D eigenvalue weighted by Gasteiger charge is -2.14. The molecule has 0 aromatic heterocycles. The van der Waals surface area contributed by atoms with Crippen LogP contribution in [0.1, 0.15) is 24.0 Å². The van der Waals surface area contributed by atoms with Gasteiger partial charge in [0, 0.05) is 10.6 Å². The van der Waals surface area contributed by atoms with Crippen LogP contribution >= 0.6 is 11.6 Å². The zero-order chi connectivity index (χ0) is 13.4. The molecular formula is C10H8ClF3O3. The van der Waals surface area contributed by atoms with Crippen molar-refractivity contribution in [1.82, 2.24) is 0 Å². The summed E-state index contributed by atoms with van der Waals surface area (Å²) in [5.41, 5.74) is -1.35. The summed E-state index contributed by atoms with van der Waals surface area (Å²) in [5.74, 6) is -3.26. The molecule has 0 heterocycles. The SMILES string of the molecule is CC(C(=O)O)c1c(O)cc(C(F)(F)F)cc1Cl. The van der Waals surface area contributed by atoms with Crippen molar-refractivity contribution in [3.63, 3.8) is 0 Å². The Morgan fingerprint density at radius 3 is 2.29 bits per heavy atom. The van der Waals surface area contributed by atoms with Gasteiger partial charge in [-0.15, -0.1) is 0 Å². The fourth-order valence-corrected chi connectivity index (χ4v) is 1.70.